The molecule has 1 aromatic carbocycles. The predicted octanol–water partition coefficient (Wildman–Crippen LogP) is 3.10. The first kappa shape index (κ1) is 13.6. The molecule has 0 aromatic heterocycles. The Morgan fingerprint density at radius 2 is 1.71 bits per heavy atom. The molecule has 1 aromatic rings. The van der Waals surface area contributed by atoms with E-state index in [1.54, 1.807) is 0 Å². The monoisotopic (exact) mass is 268 g/mol. The lowest BCUT2D eigenvalue weighted by Crippen LogP contribution is -2.10. The second-order valence-corrected chi connectivity index (χ2v) is 3.34. The molecule has 0 radical (unpaired) electrons. The highest BCUT2D eigenvalue weighted by atomic mass is 35.5. The fourth-order valence-corrected chi connectivity index (χ4v) is 1.49. The molecule has 94 valence electrons. The highest BCUT2D eigenvalue weighted by Crippen LogP contribution is 2.43. The molecule has 1 rings (SSSR count). The van der Waals surface area contributed by atoms with E-state index in [4.69, 9.17) is 16.3 Å². The molecule has 0 bridgehead atoms. The van der Waals surface area contributed by atoms with Gasteiger partial charge in [-0.1, -0.05) is 0 Å². The summed E-state index contributed by atoms with van der Waals surface area (Å²) in [5, 5.41) is -0.922. The third-order valence-corrected chi connectivity index (χ3v) is 2.24. The molecule has 0 aliphatic carbocycles. The van der Waals surface area contributed by atoms with E-state index in [1.165, 1.54) is 0 Å². The molecule has 7 heteroatoms. The zero-order valence-electron chi connectivity index (χ0n) is 8.89. The highest BCUT2D eigenvalue weighted by Gasteiger charge is 2.37. The summed E-state index contributed by atoms with van der Waals surface area (Å²) in [6.45, 7) is 0. The predicted molar refractivity (Wildman–Crippen MR) is 54.7 cm³/mol. The Balaban J connectivity index is 3.54. The normalized spacial score (nSPS) is 11.2. The first-order valence-electron chi connectivity index (χ1n) is 4.35. The van der Waals surface area contributed by atoms with Gasteiger partial charge in [0.1, 0.15) is 5.56 Å². The molecular formula is C10H8ClF3O3. The minimum absolute atomic E-state index is 0.181. The van der Waals surface area contributed by atoms with Crippen molar-refractivity contribution in [2.75, 3.05) is 14.2 Å². The first-order chi connectivity index (χ1) is 7.82. The lowest BCUT2D eigenvalue weighted by Gasteiger charge is -2.16. The fraction of sp³-hybridized carbons (Fsp3) is 0.300. The number of hydrogen-bond acceptors (Lipinski definition) is 3. The van der Waals surface area contributed by atoms with E-state index in [1.807, 2.05) is 0 Å². The van der Waals surface area contributed by atoms with Gasteiger partial charge in [0.2, 0.25) is 0 Å². The third kappa shape index (κ3) is 2.63. The standard InChI is InChI=1S/C10H8ClF3O3/c1-16-7-5(9(11)15)3-4-6(8(7)17-2)10(12,13)14/h3-4H,1-2H3. The summed E-state index contributed by atoms with van der Waals surface area (Å²) in [5.41, 5.74) is -1.21. The van der Waals surface area contributed by atoms with Gasteiger partial charge in [0.25, 0.3) is 5.24 Å². The van der Waals surface area contributed by atoms with Crippen LogP contribution in [0.4, 0.5) is 13.2 Å². The van der Waals surface area contributed by atoms with E-state index in [9.17, 15) is 18.0 Å². The Bertz CT molecular complexity index is 443. The van der Waals surface area contributed by atoms with Crippen LogP contribution in [0.3, 0.4) is 0 Å². The summed E-state index contributed by atoms with van der Waals surface area (Å²) in [6.07, 6.45) is -4.60. The van der Waals surface area contributed by atoms with Gasteiger partial charge >= 0.3 is 6.18 Å². The number of ether oxygens (including phenoxy) is 2. The second-order valence-electron chi connectivity index (χ2n) is 3.00. The molecule has 0 amide bonds. The van der Waals surface area contributed by atoms with Crippen LogP contribution in [-0.4, -0.2) is 19.5 Å². The summed E-state index contributed by atoms with van der Waals surface area (Å²) in [7, 11) is 2.18. The van der Waals surface area contributed by atoms with Crippen LogP contribution in [0.15, 0.2) is 12.1 Å². The van der Waals surface area contributed by atoms with Gasteiger partial charge in [-0.15, -0.1) is 0 Å². The van der Waals surface area contributed by atoms with Gasteiger partial charge in [0.05, 0.1) is 19.8 Å². The molecule has 0 saturated carbocycles. The second kappa shape index (κ2) is 4.83. The molecule has 0 aliphatic heterocycles. The van der Waals surface area contributed by atoms with Crippen molar-refractivity contribution >= 4 is 16.8 Å². The summed E-state index contributed by atoms with van der Waals surface area (Å²) in [6, 6.07) is 1.66. The molecule has 0 fully saturated rings. The first-order valence-corrected chi connectivity index (χ1v) is 4.72. The molecule has 3 nitrogen and oxygen atoms in total. The maximum Gasteiger partial charge on any atom is 0.420 e. The summed E-state index contributed by atoms with van der Waals surface area (Å²) in [4.78, 5) is 11.0. The Morgan fingerprint density at radius 1 is 1.18 bits per heavy atom. The van der Waals surface area contributed by atoms with Crippen molar-refractivity contribution in [1.29, 1.82) is 0 Å². The van der Waals surface area contributed by atoms with Crippen molar-refractivity contribution in [2.45, 2.75) is 6.18 Å². The summed E-state index contributed by atoms with van der Waals surface area (Å²) < 4.78 is 47.3. The number of carbonyl (C=O) groups is 1. The molecule has 0 unspecified atom stereocenters. The van der Waals surface area contributed by atoms with Gasteiger partial charge < -0.3 is 9.47 Å². The summed E-state index contributed by atoms with van der Waals surface area (Å²) in [5.74, 6) is -0.895. The number of halogens is 4. The molecule has 0 saturated heterocycles. The minimum atomic E-state index is -4.60. The van der Waals surface area contributed by atoms with E-state index >= 15 is 0 Å². The molecule has 0 atom stereocenters. The van der Waals surface area contributed by atoms with Crippen molar-refractivity contribution in [3.63, 3.8) is 0 Å². The van der Waals surface area contributed by atoms with Crippen molar-refractivity contribution in [3.05, 3.63) is 23.3 Å². The molecular weight excluding hydrogens is 261 g/mol. The molecule has 0 aliphatic rings. The van der Waals surface area contributed by atoms with Crippen LogP contribution in [0.2, 0.25) is 0 Å². The Kier molecular flexibility index (Phi) is 3.87. The van der Waals surface area contributed by atoms with Gasteiger partial charge in [-0.25, -0.2) is 0 Å². The fourth-order valence-electron chi connectivity index (χ4n) is 1.35. The number of carbonyl (C=O) groups excluding carboxylic acids is 1. The van der Waals surface area contributed by atoms with Crippen LogP contribution in [0.25, 0.3) is 0 Å². The number of rotatable bonds is 3. The SMILES string of the molecule is COc1c(C(=O)Cl)ccc(C(F)(F)F)c1OC. The Morgan fingerprint density at radius 3 is 2.06 bits per heavy atom. The van der Waals surface area contributed by atoms with E-state index in [-0.39, 0.29) is 11.3 Å². The lowest BCUT2D eigenvalue weighted by molar-refractivity contribution is -0.138. The topological polar surface area (TPSA) is 35.5 Å². The van der Waals surface area contributed by atoms with E-state index < -0.39 is 22.7 Å². The van der Waals surface area contributed by atoms with Gasteiger partial charge in [-0.3, -0.25) is 4.79 Å². The zero-order valence-corrected chi connectivity index (χ0v) is 9.65. The van der Waals surface area contributed by atoms with E-state index in [2.05, 4.69) is 4.74 Å². The molecule has 17 heavy (non-hydrogen) atoms. The van der Waals surface area contributed by atoms with Crippen LogP contribution in [0.1, 0.15) is 15.9 Å². The molecule has 0 heterocycles. The van der Waals surface area contributed by atoms with Crippen LogP contribution in [0, 0.1) is 0 Å². The zero-order chi connectivity index (χ0) is 13.2. The quantitative estimate of drug-likeness (QED) is 0.790. The van der Waals surface area contributed by atoms with E-state index in [0.717, 1.165) is 26.4 Å². The number of methoxy groups -OCH3 is 2. The van der Waals surface area contributed by atoms with Crippen molar-refractivity contribution in [2.24, 2.45) is 0 Å². The van der Waals surface area contributed by atoms with Crippen LogP contribution in [0.5, 0.6) is 11.5 Å². The third-order valence-electron chi connectivity index (χ3n) is 2.04. The van der Waals surface area contributed by atoms with Crippen molar-refractivity contribution in [3.8, 4) is 11.5 Å². The molecule has 0 spiro atoms. The van der Waals surface area contributed by atoms with Crippen LogP contribution >= 0.6 is 11.6 Å². The number of alkyl halides is 3. The smallest absolute Gasteiger partial charge is 0.420 e. The van der Waals surface area contributed by atoms with Gasteiger partial charge in [-0.05, 0) is 23.7 Å². The maximum absolute atomic E-state index is 12.6. The Hall–Kier alpha value is -1.43. The summed E-state index contributed by atoms with van der Waals surface area (Å²) >= 11 is 5.23. The largest absolute Gasteiger partial charge is 0.492 e. The maximum atomic E-state index is 12.6. The van der Waals surface area contributed by atoms with Gasteiger partial charge in [0, 0.05) is 0 Å². The number of benzene rings is 1. The highest BCUT2D eigenvalue weighted by molar-refractivity contribution is 6.68. The lowest BCUT2D eigenvalue weighted by atomic mass is 10.1. The van der Waals surface area contributed by atoms with Gasteiger partial charge in [0.15, 0.2) is 11.5 Å². The number of hydrogen-bond donors (Lipinski definition) is 0. The molecule has 0 N–H and O–H groups in total. The van der Waals surface area contributed by atoms with Crippen LogP contribution in [-0.2, 0) is 6.18 Å². The average Bonchev–Trinajstić information content (AvgIpc) is 2.25. The van der Waals surface area contributed by atoms with Crippen molar-refractivity contribution in [1.82, 2.24) is 0 Å². The average molecular weight is 269 g/mol. The van der Waals surface area contributed by atoms with E-state index in [0.29, 0.717) is 0 Å². The van der Waals surface area contributed by atoms with Crippen LogP contribution < -0.4 is 9.47 Å². The minimum Gasteiger partial charge on any atom is -0.492 e. The Labute approximate surface area is 100 Å². The van der Waals surface area contributed by atoms with Gasteiger partial charge in [-0.2, -0.15) is 13.2 Å². The van der Waals surface area contributed by atoms with Crippen molar-refractivity contribution < 1.29 is 27.4 Å².